The van der Waals surface area contributed by atoms with E-state index in [4.69, 9.17) is 10.2 Å². The molecule has 0 fully saturated rings. The quantitative estimate of drug-likeness (QED) is 0.866. The van der Waals surface area contributed by atoms with E-state index in [0.29, 0.717) is 0 Å². The molecule has 0 spiro atoms. The molecule has 0 aliphatic carbocycles. The summed E-state index contributed by atoms with van der Waals surface area (Å²) in [4.78, 5) is 2.24. The molecule has 0 bridgehead atoms. The molecule has 1 aromatic carbocycles. The van der Waals surface area contributed by atoms with Crippen LogP contribution in [0.5, 0.6) is 0 Å². The molecule has 2 rings (SSSR count). The van der Waals surface area contributed by atoms with Crippen molar-refractivity contribution in [2.24, 2.45) is 5.73 Å². The fourth-order valence-corrected chi connectivity index (χ4v) is 2.31. The fraction of sp³-hybridized carbons (Fsp3) is 0.375. The van der Waals surface area contributed by atoms with Crippen LogP contribution in [0.2, 0.25) is 0 Å². The van der Waals surface area contributed by atoms with Crippen LogP contribution in [-0.4, -0.2) is 24.5 Å². The molecule has 1 heterocycles. The first kappa shape index (κ1) is 13.8. The highest BCUT2D eigenvalue weighted by Crippen LogP contribution is 2.11. The second-order valence-corrected chi connectivity index (χ2v) is 5.15. The number of hydrogen-bond donors (Lipinski definition) is 1. The second-order valence-electron chi connectivity index (χ2n) is 5.15. The third-order valence-electron chi connectivity index (χ3n) is 3.29. The molecule has 0 amide bonds. The van der Waals surface area contributed by atoms with Crippen LogP contribution in [0.4, 0.5) is 0 Å². The number of nitrogens with two attached hydrogens (primary N) is 1. The molecule has 0 saturated heterocycles. The van der Waals surface area contributed by atoms with Crippen LogP contribution in [0.25, 0.3) is 0 Å². The topological polar surface area (TPSA) is 42.4 Å². The van der Waals surface area contributed by atoms with Gasteiger partial charge in [-0.15, -0.1) is 0 Å². The third-order valence-corrected chi connectivity index (χ3v) is 3.29. The van der Waals surface area contributed by atoms with Gasteiger partial charge in [-0.2, -0.15) is 0 Å². The Kier molecular flexibility index (Phi) is 4.77. The van der Waals surface area contributed by atoms with Gasteiger partial charge in [-0.05, 0) is 32.0 Å². The van der Waals surface area contributed by atoms with Gasteiger partial charge < -0.3 is 15.1 Å². The smallest absolute Gasteiger partial charge is 0.105 e. The van der Waals surface area contributed by atoms with Crippen LogP contribution in [0, 0.1) is 6.92 Å². The molecule has 3 nitrogen and oxygen atoms in total. The van der Waals surface area contributed by atoms with Crippen molar-refractivity contribution in [1.29, 1.82) is 0 Å². The summed E-state index contributed by atoms with van der Waals surface area (Å²) < 4.78 is 5.31. The van der Waals surface area contributed by atoms with Gasteiger partial charge in [0.2, 0.25) is 0 Å². The standard InChI is InChI=1S/C16H22N2O/c1-13-15(8-9-19-13)11-18(2)12-16(17)10-14-6-4-3-5-7-14/h3-9,16H,10-12,17H2,1-2H3. The lowest BCUT2D eigenvalue weighted by atomic mass is 10.1. The summed E-state index contributed by atoms with van der Waals surface area (Å²) in [6.45, 7) is 3.75. The lowest BCUT2D eigenvalue weighted by Crippen LogP contribution is -2.36. The van der Waals surface area contributed by atoms with E-state index in [9.17, 15) is 0 Å². The number of hydrogen-bond acceptors (Lipinski definition) is 3. The lowest BCUT2D eigenvalue weighted by molar-refractivity contribution is 0.300. The van der Waals surface area contributed by atoms with E-state index >= 15 is 0 Å². The van der Waals surface area contributed by atoms with E-state index in [1.54, 1.807) is 6.26 Å². The average molecular weight is 258 g/mol. The monoisotopic (exact) mass is 258 g/mol. The van der Waals surface area contributed by atoms with Crippen LogP contribution in [0.15, 0.2) is 47.1 Å². The summed E-state index contributed by atoms with van der Waals surface area (Å²) in [5.74, 6) is 0.989. The molecule has 0 saturated carbocycles. The van der Waals surface area contributed by atoms with E-state index in [1.807, 2.05) is 19.1 Å². The van der Waals surface area contributed by atoms with Crippen LogP contribution in [0.3, 0.4) is 0 Å². The predicted molar refractivity (Wildman–Crippen MR) is 77.9 cm³/mol. The van der Waals surface area contributed by atoms with E-state index < -0.39 is 0 Å². The number of benzene rings is 1. The molecule has 2 aromatic rings. The van der Waals surface area contributed by atoms with Crippen molar-refractivity contribution < 1.29 is 4.42 Å². The Labute approximate surface area is 115 Å². The van der Waals surface area contributed by atoms with Gasteiger partial charge in [-0.1, -0.05) is 30.3 Å². The predicted octanol–water partition coefficient (Wildman–Crippen LogP) is 2.59. The van der Waals surface area contributed by atoms with Gasteiger partial charge in [-0.3, -0.25) is 0 Å². The maximum atomic E-state index is 6.21. The summed E-state index contributed by atoms with van der Waals surface area (Å²) in [6.07, 6.45) is 2.65. The molecule has 0 aliphatic rings. The molecule has 19 heavy (non-hydrogen) atoms. The molecular formula is C16H22N2O. The highest BCUT2D eigenvalue weighted by atomic mass is 16.3. The first-order valence-corrected chi connectivity index (χ1v) is 6.66. The van der Waals surface area contributed by atoms with Gasteiger partial charge >= 0.3 is 0 Å². The lowest BCUT2D eigenvalue weighted by Gasteiger charge is -2.21. The Balaban J connectivity index is 1.82. The van der Waals surface area contributed by atoms with E-state index in [2.05, 4.69) is 36.2 Å². The number of nitrogens with zero attached hydrogens (tertiary/aromatic N) is 1. The highest BCUT2D eigenvalue weighted by molar-refractivity contribution is 5.16. The zero-order valence-electron chi connectivity index (χ0n) is 11.7. The number of likely N-dealkylation sites (N-methyl/N-ethyl adjacent to an activating group) is 1. The van der Waals surface area contributed by atoms with Crippen molar-refractivity contribution in [3.63, 3.8) is 0 Å². The van der Waals surface area contributed by atoms with Crippen molar-refractivity contribution in [3.8, 4) is 0 Å². The largest absolute Gasteiger partial charge is 0.469 e. The van der Waals surface area contributed by atoms with Gasteiger partial charge in [-0.25, -0.2) is 0 Å². The van der Waals surface area contributed by atoms with Crippen molar-refractivity contribution >= 4 is 0 Å². The Morgan fingerprint density at radius 1 is 1.21 bits per heavy atom. The zero-order valence-corrected chi connectivity index (χ0v) is 11.7. The molecule has 1 unspecified atom stereocenters. The normalized spacial score (nSPS) is 12.8. The molecule has 2 N–H and O–H groups in total. The van der Waals surface area contributed by atoms with Gasteiger partial charge in [0.25, 0.3) is 0 Å². The molecular weight excluding hydrogens is 236 g/mol. The first-order valence-electron chi connectivity index (χ1n) is 6.66. The van der Waals surface area contributed by atoms with Gasteiger partial charge in [0.1, 0.15) is 5.76 Å². The molecule has 0 radical (unpaired) electrons. The minimum atomic E-state index is 0.152. The van der Waals surface area contributed by atoms with Crippen LogP contribution in [0.1, 0.15) is 16.9 Å². The number of rotatable bonds is 6. The van der Waals surface area contributed by atoms with Crippen LogP contribution in [-0.2, 0) is 13.0 Å². The molecule has 1 aromatic heterocycles. The van der Waals surface area contributed by atoms with Crippen LogP contribution >= 0.6 is 0 Å². The minimum absolute atomic E-state index is 0.152. The fourth-order valence-electron chi connectivity index (χ4n) is 2.31. The van der Waals surface area contributed by atoms with Crippen molar-refractivity contribution in [3.05, 3.63) is 59.5 Å². The molecule has 102 valence electrons. The Morgan fingerprint density at radius 2 is 1.95 bits per heavy atom. The zero-order chi connectivity index (χ0) is 13.7. The van der Waals surface area contributed by atoms with Crippen molar-refractivity contribution in [2.75, 3.05) is 13.6 Å². The van der Waals surface area contributed by atoms with E-state index in [-0.39, 0.29) is 6.04 Å². The van der Waals surface area contributed by atoms with Crippen molar-refractivity contribution in [2.45, 2.75) is 25.9 Å². The summed E-state index contributed by atoms with van der Waals surface area (Å²) >= 11 is 0. The van der Waals surface area contributed by atoms with Gasteiger partial charge in [0.15, 0.2) is 0 Å². The molecule has 3 heteroatoms. The SMILES string of the molecule is Cc1occc1CN(C)CC(N)Cc1ccccc1. The minimum Gasteiger partial charge on any atom is -0.469 e. The van der Waals surface area contributed by atoms with Gasteiger partial charge in [0, 0.05) is 24.7 Å². The summed E-state index contributed by atoms with van der Waals surface area (Å²) in [5, 5.41) is 0. The number of aryl methyl sites for hydroxylation is 1. The Morgan fingerprint density at radius 3 is 2.58 bits per heavy atom. The molecule has 1 atom stereocenters. The van der Waals surface area contributed by atoms with E-state index in [0.717, 1.165) is 25.3 Å². The average Bonchev–Trinajstić information content (AvgIpc) is 2.76. The number of furan rings is 1. The Bertz CT molecular complexity index is 492. The summed E-state index contributed by atoms with van der Waals surface area (Å²) in [6, 6.07) is 12.6. The maximum absolute atomic E-state index is 6.21. The third kappa shape index (κ3) is 4.23. The van der Waals surface area contributed by atoms with Crippen molar-refractivity contribution in [1.82, 2.24) is 4.90 Å². The Hall–Kier alpha value is -1.58. The molecule has 0 aliphatic heterocycles. The first-order chi connectivity index (χ1) is 9.15. The maximum Gasteiger partial charge on any atom is 0.105 e. The summed E-state index contributed by atoms with van der Waals surface area (Å²) in [5.41, 5.74) is 8.73. The second kappa shape index (κ2) is 6.55. The highest BCUT2D eigenvalue weighted by Gasteiger charge is 2.10. The summed E-state index contributed by atoms with van der Waals surface area (Å²) in [7, 11) is 2.09. The van der Waals surface area contributed by atoms with E-state index in [1.165, 1.54) is 11.1 Å². The van der Waals surface area contributed by atoms with Gasteiger partial charge in [0.05, 0.1) is 6.26 Å². The van der Waals surface area contributed by atoms with Crippen LogP contribution < -0.4 is 5.73 Å².